The van der Waals surface area contributed by atoms with Crippen molar-refractivity contribution in [3.05, 3.63) is 0 Å². The van der Waals surface area contributed by atoms with Crippen molar-refractivity contribution in [2.75, 3.05) is 6.54 Å². The topological polar surface area (TPSA) is 168 Å². The molecule has 0 aliphatic carbocycles. The first-order valence-electron chi connectivity index (χ1n) is 7.78. The van der Waals surface area contributed by atoms with Crippen LogP contribution in [0.15, 0.2) is 0 Å². The molecule has 0 aromatic heterocycles. The summed E-state index contributed by atoms with van der Waals surface area (Å²) in [7, 11) is -1.42. The average molecular weight is 333 g/mol. The molecule has 5 atom stereocenters. The van der Waals surface area contributed by atoms with Gasteiger partial charge in [-0.1, -0.05) is 6.42 Å². The van der Waals surface area contributed by atoms with Gasteiger partial charge < -0.3 is 36.4 Å². The van der Waals surface area contributed by atoms with E-state index in [1.165, 1.54) is 13.8 Å². The van der Waals surface area contributed by atoms with Crippen LogP contribution in [0.25, 0.3) is 0 Å². The molecule has 9 N–H and O–H groups in total. The smallest absolute Gasteiger partial charge is 0.451 e. The molecule has 0 spiro atoms. The number of carboxylic acid groups (broad SMARTS) is 1. The van der Waals surface area contributed by atoms with E-state index in [4.69, 9.17) is 15.8 Å². The third-order valence-electron chi connectivity index (χ3n) is 4.31. The number of aliphatic hydroxyl groups excluding tert-OH is 1. The number of hydrogen-bond donors (Lipinski definition) is 8. The summed E-state index contributed by atoms with van der Waals surface area (Å²) in [5.41, 5.74) is 4.50. The van der Waals surface area contributed by atoms with Gasteiger partial charge in [0.15, 0.2) is 0 Å². The molecular weight excluding hydrogens is 305 g/mol. The van der Waals surface area contributed by atoms with Crippen molar-refractivity contribution in [3.63, 3.8) is 0 Å². The van der Waals surface area contributed by atoms with Gasteiger partial charge in [-0.2, -0.15) is 0 Å². The van der Waals surface area contributed by atoms with E-state index in [9.17, 15) is 20.1 Å². The average Bonchev–Trinajstić information content (AvgIpc) is 2.79. The minimum atomic E-state index is -1.42. The molecule has 1 aliphatic heterocycles. The van der Waals surface area contributed by atoms with E-state index < -0.39 is 37.0 Å². The molecule has 1 heterocycles. The third kappa shape index (κ3) is 6.00. The highest BCUT2D eigenvalue weighted by atomic mass is 16.4. The highest BCUT2D eigenvalue weighted by molar-refractivity contribution is 6.40. The summed E-state index contributed by atoms with van der Waals surface area (Å²) in [6.07, 6.45) is -0.148. The second-order valence-electron chi connectivity index (χ2n) is 6.70. The van der Waals surface area contributed by atoms with Gasteiger partial charge in [-0.25, -0.2) is 0 Å². The molecule has 1 saturated heterocycles. The zero-order valence-electron chi connectivity index (χ0n) is 13.5. The highest BCUT2D eigenvalue weighted by Gasteiger charge is 2.41. The third-order valence-corrected chi connectivity index (χ3v) is 4.31. The maximum absolute atomic E-state index is 11.3. The number of hydrogen-bond acceptors (Lipinski definition) is 8. The van der Waals surface area contributed by atoms with Gasteiger partial charge in [-0.15, -0.1) is 0 Å². The Hall–Kier alpha value is -0.745. The van der Waals surface area contributed by atoms with Gasteiger partial charge in [-0.3, -0.25) is 10.1 Å². The Kier molecular flexibility index (Phi) is 7.40. The van der Waals surface area contributed by atoms with Crippen LogP contribution < -0.4 is 16.4 Å². The molecule has 1 unspecified atom stereocenters. The summed E-state index contributed by atoms with van der Waals surface area (Å²) < 4.78 is 0. The van der Waals surface area contributed by atoms with Crippen LogP contribution in [0.2, 0.25) is 6.32 Å². The van der Waals surface area contributed by atoms with Crippen molar-refractivity contribution in [2.45, 2.75) is 63.0 Å². The van der Waals surface area contributed by atoms with Crippen LogP contribution in [-0.4, -0.2) is 75.0 Å². The Bertz CT molecular complexity index is 392. The van der Waals surface area contributed by atoms with E-state index in [1.807, 2.05) is 0 Å². The van der Waals surface area contributed by atoms with E-state index >= 15 is 0 Å². The van der Waals surface area contributed by atoms with Crippen LogP contribution in [-0.2, 0) is 4.79 Å². The fourth-order valence-electron chi connectivity index (χ4n) is 2.86. The van der Waals surface area contributed by atoms with Gasteiger partial charge in [0.05, 0.1) is 11.6 Å². The molecular formula is C13H28BN3O6. The van der Waals surface area contributed by atoms with Crippen molar-refractivity contribution in [1.29, 1.82) is 0 Å². The summed E-state index contributed by atoms with van der Waals surface area (Å²) in [5, 5.41) is 52.8. The second-order valence-corrected chi connectivity index (χ2v) is 6.70. The molecule has 10 heteroatoms. The Morgan fingerprint density at radius 1 is 1.48 bits per heavy atom. The second kappa shape index (κ2) is 8.38. The van der Waals surface area contributed by atoms with E-state index in [1.54, 1.807) is 0 Å². The minimum Gasteiger partial charge on any atom is -0.480 e. The van der Waals surface area contributed by atoms with Crippen LogP contribution in [0.1, 0.15) is 26.7 Å². The summed E-state index contributed by atoms with van der Waals surface area (Å²) in [4.78, 5) is 11.3. The number of rotatable bonds is 9. The van der Waals surface area contributed by atoms with Gasteiger partial charge in [0.1, 0.15) is 12.3 Å². The zero-order chi connectivity index (χ0) is 17.8. The SMILES string of the molecule is CC(C)(O)[C@H](N)C(O)N[C@H]1CN[C@H](C(=O)O)[C@@H]1CCCB(O)O. The first-order valence-corrected chi connectivity index (χ1v) is 7.78. The number of carbonyl (C=O) groups is 1. The lowest BCUT2D eigenvalue weighted by atomic mass is 9.80. The minimum absolute atomic E-state index is 0.154. The number of nitrogens with two attached hydrogens (primary N) is 1. The van der Waals surface area contributed by atoms with E-state index in [0.717, 1.165) is 0 Å². The molecule has 1 aliphatic rings. The fraction of sp³-hybridized carbons (Fsp3) is 0.923. The van der Waals surface area contributed by atoms with Crippen LogP contribution in [0, 0.1) is 5.92 Å². The first-order chi connectivity index (χ1) is 10.5. The van der Waals surface area contributed by atoms with Crippen molar-refractivity contribution in [3.8, 4) is 0 Å². The zero-order valence-corrected chi connectivity index (χ0v) is 13.5. The summed E-state index contributed by atoms with van der Waals surface area (Å²) >= 11 is 0. The predicted octanol–water partition coefficient (Wildman–Crippen LogP) is -2.71. The lowest BCUT2D eigenvalue weighted by Crippen LogP contribution is -2.59. The normalized spacial score (nSPS) is 27.7. The lowest BCUT2D eigenvalue weighted by Gasteiger charge is -2.33. The molecule has 23 heavy (non-hydrogen) atoms. The molecule has 0 aromatic carbocycles. The number of carboxylic acids is 1. The van der Waals surface area contributed by atoms with Gasteiger partial charge in [0.2, 0.25) is 0 Å². The van der Waals surface area contributed by atoms with Crippen LogP contribution in [0.4, 0.5) is 0 Å². The Morgan fingerprint density at radius 2 is 2.09 bits per heavy atom. The fourth-order valence-corrected chi connectivity index (χ4v) is 2.86. The summed E-state index contributed by atoms with van der Waals surface area (Å²) in [6, 6.07) is -2.07. The molecule has 0 aromatic rings. The summed E-state index contributed by atoms with van der Waals surface area (Å²) in [5.74, 6) is -1.33. The standard InChI is InChI=1S/C13H28BN3O6/c1-13(2,21)10(15)11(18)17-8-6-16-9(12(19)20)7(8)4-3-5-14(22)23/h7-11,16-18,21-23H,3-6,15H2,1-2H3,(H,19,20)/t7-,8+,9+,10-,11?/m1/s1. The molecule has 0 amide bonds. The van der Waals surface area contributed by atoms with Crippen molar-refractivity contribution in [2.24, 2.45) is 11.7 Å². The number of aliphatic carboxylic acids is 1. The van der Waals surface area contributed by atoms with E-state index in [0.29, 0.717) is 19.4 Å². The molecule has 1 rings (SSSR count). The molecule has 1 fully saturated rings. The van der Waals surface area contributed by atoms with Gasteiger partial charge in [0, 0.05) is 18.5 Å². The summed E-state index contributed by atoms with van der Waals surface area (Å²) in [6.45, 7) is 3.30. The Balaban J connectivity index is 2.69. The maximum Gasteiger partial charge on any atom is 0.451 e. The van der Waals surface area contributed by atoms with E-state index in [2.05, 4.69) is 10.6 Å². The monoisotopic (exact) mass is 333 g/mol. The maximum atomic E-state index is 11.3. The predicted molar refractivity (Wildman–Crippen MR) is 84.4 cm³/mol. The van der Waals surface area contributed by atoms with Crippen molar-refractivity contribution >= 4 is 13.1 Å². The molecule has 0 saturated carbocycles. The van der Waals surface area contributed by atoms with Crippen LogP contribution in [0.5, 0.6) is 0 Å². The van der Waals surface area contributed by atoms with Gasteiger partial charge in [-0.05, 0) is 26.6 Å². The molecule has 0 radical (unpaired) electrons. The van der Waals surface area contributed by atoms with E-state index in [-0.39, 0.29) is 18.3 Å². The van der Waals surface area contributed by atoms with Gasteiger partial charge >= 0.3 is 13.1 Å². The van der Waals surface area contributed by atoms with Crippen molar-refractivity contribution < 1.29 is 30.2 Å². The molecule has 134 valence electrons. The molecule has 0 bridgehead atoms. The number of aliphatic hydroxyl groups is 2. The van der Waals surface area contributed by atoms with Crippen LogP contribution in [0.3, 0.4) is 0 Å². The largest absolute Gasteiger partial charge is 0.480 e. The number of nitrogens with one attached hydrogen (secondary N) is 2. The highest BCUT2D eigenvalue weighted by Crippen LogP contribution is 2.24. The molecule has 9 nitrogen and oxygen atoms in total. The Morgan fingerprint density at radius 3 is 2.57 bits per heavy atom. The van der Waals surface area contributed by atoms with Crippen molar-refractivity contribution in [1.82, 2.24) is 10.6 Å². The first kappa shape index (κ1) is 20.3. The Labute approximate surface area is 136 Å². The van der Waals surface area contributed by atoms with Gasteiger partial charge in [0.25, 0.3) is 0 Å². The quantitative estimate of drug-likeness (QED) is 0.165. The van der Waals surface area contributed by atoms with Crippen LogP contribution >= 0.6 is 0 Å². The lowest BCUT2D eigenvalue weighted by molar-refractivity contribution is -0.140.